The highest BCUT2D eigenvalue weighted by Gasteiger charge is 2.21. The van der Waals surface area contributed by atoms with Gasteiger partial charge in [-0.1, -0.05) is 23.7 Å². The van der Waals surface area contributed by atoms with Crippen molar-refractivity contribution in [1.82, 2.24) is 0 Å². The fraction of sp³-hybridized carbons (Fsp3) is 0.0625. The molecule has 4 nitrogen and oxygen atoms in total. The molecule has 0 atom stereocenters. The summed E-state index contributed by atoms with van der Waals surface area (Å²) in [6.45, 7) is 0. The second-order valence-electron chi connectivity index (χ2n) is 4.32. The monoisotopic (exact) mass is 302 g/mol. The SMILES string of the molecule is COC(=O)C=C1Oc2ccccc2Oc2cc(Cl)ccc21. The number of para-hydroxylation sites is 2. The lowest BCUT2D eigenvalue weighted by atomic mass is 10.1. The molecule has 0 saturated carbocycles. The van der Waals surface area contributed by atoms with E-state index in [1.165, 1.54) is 13.2 Å². The van der Waals surface area contributed by atoms with Crippen molar-refractivity contribution in [1.29, 1.82) is 0 Å². The van der Waals surface area contributed by atoms with Crippen molar-refractivity contribution in [3.63, 3.8) is 0 Å². The van der Waals surface area contributed by atoms with Crippen LogP contribution in [0.1, 0.15) is 5.56 Å². The van der Waals surface area contributed by atoms with Gasteiger partial charge in [0.25, 0.3) is 0 Å². The normalized spacial score (nSPS) is 14.3. The lowest BCUT2D eigenvalue weighted by Gasteiger charge is -2.08. The van der Waals surface area contributed by atoms with Gasteiger partial charge in [-0.2, -0.15) is 0 Å². The van der Waals surface area contributed by atoms with Crippen LogP contribution in [0.3, 0.4) is 0 Å². The number of esters is 1. The summed E-state index contributed by atoms with van der Waals surface area (Å²) >= 11 is 6.01. The van der Waals surface area contributed by atoms with Crippen LogP contribution in [0.25, 0.3) is 5.76 Å². The fourth-order valence-corrected chi connectivity index (χ4v) is 2.13. The van der Waals surface area contributed by atoms with E-state index in [1.54, 1.807) is 30.3 Å². The van der Waals surface area contributed by atoms with Gasteiger partial charge in [-0.15, -0.1) is 0 Å². The van der Waals surface area contributed by atoms with Crippen molar-refractivity contribution in [2.24, 2.45) is 0 Å². The standard InChI is InChI=1S/C16H11ClO4/c1-19-16(18)9-15-11-7-6-10(17)8-14(11)20-12-4-2-3-5-13(12)21-15/h2-9H,1H3. The number of hydrogen-bond acceptors (Lipinski definition) is 4. The van der Waals surface area contributed by atoms with Gasteiger partial charge in [0.1, 0.15) is 11.5 Å². The van der Waals surface area contributed by atoms with Gasteiger partial charge in [0, 0.05) is 11.1 Å². The number of carbonyl (C=O) groups excluding carboxylic acids is 1. The van der Waals surface area contributed by atoms with Crippen LogP contribution in [-0.4, -0.2) is 13.1 Å². The molecule has 0 saturated heterocycles. The maximum absolute atomic E-state index is 11.5. The molecule has 0 N–H and O–H groups in total. The largest absolute Gasteiger partial charge is 0.466 e. The molecular weight excluding hydrogens is 292 g/mol. The van der Waals surface area contributed by atoms with Crippen LogP contribution in [0.5, 0.6) is 17.2 Å². The highest BCUT2D eigenvalue weighted by atomic mass is 35.5. The smallest absolute Gasteiger partial charge is 0.334 e. The van der Waals surface area contributed by atoms with E-state index in [0.29, 0.717) is 33.6 Å². The third-order valence-electron chi connectivity index (χ3n) is 2.95. The molecule has 0 bridgehead atoms. The van der Waals surface area contributed by atoms with E-state index in [4.69, 9.17) is 21.1 Å². The van der Waals surface area contributed by atoms with Crippen LogP contribution in [0.4, 0.5) is 0 Å². The number of fused-ring (bicyclic) bond motifs is 2. The molecule has 0 amide bonds. The first kappa shape index (κ1) is 13.5. The summed E-state index contributed by atoms with van der Waals surface area (Å²) in [6, 6.07) is 12.3. The zero-order valence-electron chi connectivity index (χ0n) is 11.1. The van der Waals surface area contributed by atoms with Crippen molar-refractivity contribution < 1.29 is 19.0 Å². The Labute approximate surface area is 126 Å². The molecule has 106 valence electrons. The molecule has 2 aromatic rings. The molecule has 1 aliphatic heterocycles. The van der Waals surface area contributed by atoms with E-state index in [-0.39, 0.29) is 0 Å². The van der Waals surface area contributed by atoms with Crippen LogP contribution < -0.4 is 9.47 Å². The van der Waals surface area contributed by atoms with Gasteiger partial charge in [0.05, 0.1) is 18.7 Å². The zero-order chi connectivity index (χ0) is 14.8. The molecule has 0 radical (unpaired) electrons. The molecule has 2 aromatic carbocycles. The Hall–Kier alpha value is -2.46. The van der Waals surface area contributed by atoms with Gasteiger partial charge in [0.2, 0.25) is 0 Å². The maximum atomic E-state index is 11.5. The van der Waals surface area contributed by atoms with Crippen molar-refractivity contribution in [3.8, 4) is 17.2 Å². The Morgan fingerprint density at radius 1 is 1.10 bits per heavy atom. The summed E-state index contributed by atoms with van der Waals surface area (Å²) in [5.41, 5.74) is 0.626. The van der Waals surface area contributed by atoms with Gasteiger partial charge in [-0.25, -0.2) is 4.79 Å². The maximum Gasteiger partial charge on any atom is 0.334 e. The molecule has 21 heavy (non-hydrogen) atoms. The number of hydrogen-bond donors (Lipinski definition) is 0. The number of carbonyl (C=O) groups is 1. The molecule has 0 fully saturated rings. The molecule has 0 aromatic heterocycles. The van der Waals surface area contributed by atoms with E-state index < -0.39 is 5.97 Å². The van der Waals surface area contributed by atoms with Gasteiger partial charge in [-0.05, 0) is 24.3 Å². The van der Waals surface area contributed by atoms with Crippen LogP contribution in [-0.2, 0) is 9.53 Å². The Bertz CT molecular complexity index is 737. The molecular formula is C16H11ClO4. The average Bonchev–Trinajstić information content (AvgIpc) is 2.62. The highest BCUT2D eigenvalue weighted by molar-refractivity contribution is 6.30. The summed E-state index contributed by atoms with van der Waals surface area (Å²) in [6.07, 6.45) is 1.28. The summed E-state index contributed by atoms with van der Waals surface area (Å²) in [5.74, 6) is 1.42. The van der Waals surface area contributed by atoms with Crippen molar-refractivity contribution >= 4 is 23.3 Å². The van der Waals surface area contributed by atoms with Crippen LogP contribution in [0.15, 0.2) is 48.5 Å². The van der Waals surface area contributed by atoms with E-state index in [9.17, 15) is 4.79 Å². The minimum absolute atomic E-state index is 0.346. The van der Waals surface area contributed by atoms with Crippen molar-refractivity contribution in [3.05, 3.63) is 59.1 Å². The van der Waals surface area contributed by atoms with E-state index in [0.717, 1.165) is 0 Å². The van der Waals surface area contributed by atoms with Crippen LogP contribution in [0.2, 0.25) is 5.02 Å². The van der Waals surface area contributed by atoms with Crippen molar-refractivity contribution in [2.45, 2.75) is 0 Å². The number of ether oxygens (including phenoxy) is 3. The van der Waals surface area contributed by atoms with Crippen LogP contribution >= 0.6 is 11.6 Å². The van der Waals surface area contributed by atoms with E-state index in [1.807, 2.05) is 12.1 Å². The molecule has 0 aliphatic carbocycles. The molecule has 3 rings (SSSR count). The minimum atomic E-state index is -0.509. The summed E-state index contributed by atoms with van der Waals surface area (Å²) in [4.78, 5) is 11.5. The summed E-state index contributed by atoms with van der Waals surface area (Å²) in [5, 5.41) is 0.533. The first-order valence-corrected chi connectivity index (χ1v) is 6.59. The van der Waals surface area contributed by atoms with Gasteiger partial charge in [0.15, 0.2) is 11.5 Å². The van der Waals surface area contributed by atoms with E-state index >= 15 is 0 Å². The van der Waals surface area contributed by atoms with Gasteiger partial charge < -0.3 is 14.2 Å². The first-order valence-electron chi connectivity index (χ1n) is 6.21. The number of halogens is 1. The second kappa shape index (κ2) is 5.50. The molecule has 1 aliphatic rings. The molecule has 0 spiro atoms. The topological polar surface area (TPSA) is 44.8 Å². The van der Waals surface area contributed by atoms with Gasteiger partial charge >= 0.3 is 5.97 Å². The lowest BCUT2D eigenvalue weighted by Crippen LogP contribution is -2.01. The molecule has 0 unspecified atom stereocenters. The Kier molecular flexibility index (Phi) is 3.54. The summed E-state index contributed by atoms with van der Waals surface area (Å²) < 4.78 is 16.3. The number of benzene rings is 2. The molecule has 1 heterocycles. The van der Waals surface area contributed by atoms with Crippen LogP contribution in [0, 0.1) is 0 Å². The Morgan fingerprint density at radius 3 is 2.52 bits per heavy atom. The third kappa shape index (κ3) is 2.71. The Morgan fingerprint density at radius 2 is 1.81 bits per heavy atom. The third-order valence-corrected chi connectivity index (χ3v) is 3.18. The average molecular weight is 303 g/mol. The quantitative estimate of drug-likeness (QED) is 0.589. The predicted molar refractivity (Wildman–Crippen MR) is 78.6 cm³/mol. The van der Waals surface area contributed by atoms with Gasteiger partial charge in [-0.3, -0.25) is 0 Å². The number of rotatable bonds is 1. The second-order valence-corrected chi connectivity index (χ2v) is 4.76. The lowest BCUT2D eigenvalue weighted by molar-refractivity contribution is -0.134. The minimum Gasteiger partial charge on any atom is -0.466 e. The number of methoxy groups -OCH3 is 1. The molecule has 5 heteroatoms. The van der Waals surface area contributed by atoms with Crippen molar-refractivity contribution in [2.75, 3.05) is 7.11 Å². The Balaban J connectivity index is 2.17. The fourth-order valence-electron chi connectivity index (χ4n) is 1.97. The van der Waals surface area contributed by atoms with E-state index in [2.05, 4.69) is 4.74 Å². The zero-order valence-corrected chi connectivity index (χ0v) is 11.9. The highest BCUT2D eigenvalue weighted by Crippen LogP contribution is 2.42. The first-order chi connectivity index (χ1) is 10.2. The predicted octanol–water partition coefficient (Wildman–Crippen LogP) is 4.04. The summed E-state index contributed by atoms with van der Waals surface area (Å²) in [7, 11) is 1.31.